The molecular weight excluding hydrogens is 267 g/mol. The Morgan fingerprint density at radius 2 is 1.95 bits per heavy atom. The van der Waals surface area contributed by atoms with Gasteiger partial charge in [0.05, 0.1) is 0 Å². The number of anilines is 2. The number of benzene rings is 1. The maximum Gasteiger partial charge on any atom is 0.248 e. The van der Waals surface area contributed by atoms with Crippen LogP contribution >= 0.6 is 0 Å². The Morgan fingerprint density at radius 3 is 2.80 bits per heavy atom. The molecule has 0 unspecified atom stereocenters. The van der Waals surface area contributed by atoms with Crippen molar-refractivity contribution in [2.24, 2.45) is 0 Å². The van der Waals surface area contributed by atoms with Crippen LogP contribution in [0.15, 0.2) is 28.9 Å². The van der Waals surface area contributed by atoms with Gasteiger partial charge in [0, 0.05) is 5.69 Å². The average molecular weight is 272 g/mol. The van der Waals surface area contributed by atoms with E-state index in [-0.39, 0.29) is 11.5 Å². The predicted molar refractivity (Wildman–Crippen MR) is 63.6 cm³/mol. The van der Waals surface area contributed by atoms with Crippen molar-refractivity contribution in [3.05, 3.63) is 30.1 Å². The van der Waals surface area contributed by atoms with E-state index < -0.39 is 0 Å². The average Bonchev–Trinajstić information content (AvgIpc) is 3.08. The van der Waals surface area contributed by atoms with Crippen molar-refractivity contribution in [2.75, 3.05) is 5.32 Å². The highest BCUT2D eigenvalue weighted by Gasteiger charge is 2.15. The highest BCUT2D eigenvalue weighted by Crippen LogP contribution is 2.20. The van der Waals surface area contributed by atoms with E-state index >= 15 is 0 Å². The molecule has 0 amide bonds. The molecule has 20 heavy (non-hydrogen) atoms. The van der Waals surface area contributed by atoms with Crippen LogP contribution in [0.25, 0.3) is 16.9 Å². The summed E-state index contributed by atoms with van der Waals surface area (Å²) in [5.74, 6) is 0.0405. The van der Waals surface area contributed by atoms with E-state index in [0.29, 0.717) is 22.8 Å². The van der Waals surface area contributed by atoms with Crippen LogP contribution in [-0.4, -0.2) is 35.3 Å². The van der Waals surface area contributed by atoms with Gasteiger partial charge in [-0.3, -0.25) is 0 Å². The van der Waals surface area contributed by atoms with Gasteiger partial charge in [-0.05, 0) is 45.0 Å². The van der Waals surface area contributed by atoms with Crippen LogP contribution in [0.2, 0.25) is 0 Å². The van der Waals surface area contributed by atoms with E-state index in [1.54, 1.807) is 12.1 Å². The minimum Gasteiger partial charge on any atom is -0.337 e. The van der Waals surface area contributed by atoms with E-state index in [2.05, 4.69) is 40.8 Å². The smallest absolute Gasteiger partial charge is 0.248 e. The van der Waals surface area contributed by atoms with E-state index in [1.807, 2.05) is 0 Å². The van der Waals surface area contributed by atoms with Gasteiger partial charge in [0.15, 0.2) is 5.82 Å². The summed E-state index contributed by atoms with van der Waals surface area (Å²) in [6.07, 6.45) is 0. The number of halogens is 1. The van der Waals surface area contributed by atoms with Gasteiger partial charge < -0.3 is 5.32 Å². The van der Waals surface area contributed by atoms with Gasteiger partial charge in [0.2, 0.25) is 16.9 Å². The Labute approximate surface area is 109 Å². The maximum absolute atomic E-state index is 12.9. The van der Waals surface area contributed by atoms with Crippen LogP contribution in [0.3, 0.4) is 0 Å². The Hall–Kier alpha value is -3.17. The van der Waals surface area contributed by atoms with Gasteiger partial charge in [-0.15, -0.1) is 5.10 Å². The molecule has 0 atom stereocenters. The highest BCUT2D eigenvalue weighted by atomic mass is 19.1. The zero-order valence-electron chi connectivity index (χ0n) is 9.73. The fourth-order valence-electron chi connectivity index (χ4n) is 1.77. The molecule has 3 heterocycles. The van der Waals surface area contributed by atoms with Gasteiger partial charge in [0.1, 0.15) is 5.82 Å². The summed E-state index contributed by atoms with van der Waals surface area (Å²) in [7, 11) is 0. The first kappa shape index (κ1) is 10.7. The van der Waals surface area contributed by atoms with Gasteiger partial charge in [-0.25, -0.2) is 14.0 Å². The van der Waals surface area contributed by atoms with E-state index in [4.69, 9.17) is 0 Å². The number of fused-ring (bicyclic) bond motifs is 3. The lowest BCUT2D eigenvalue weighted by atomic mass is 10.3. The summed E-state index contributed by atoms with van der Waals surface area (Å²) in [5.41, 5.74) is 1.57. The highest BCUT2D eigenvalue weighted by molar-refractivity contribution is 5.78. The number of hydrogen-bond acceptors (Lipinski definition) is 8. The van der Waals surface area contributed by atoms with Crippen LogP contribution in [0.4, 0.5) is 15.9 Å². The molecule has 9 nitrogen and oxygen atoms in total. The molecule has 4 aromatic rings. The third-order valence-corrected chi connectivity index (χ3v) is 2.66. The molecule has 10 heteroatoms. The topological polar surface area (TPSA) is 107 Å². The number of nitrogens with zero attached hydrogens (tertiary/aromatic N) is 7. The van der Waals surface area contributed by atoms with E-state index in [9.17, 15) is 4.39 Å². The lowest BCUT2D eigenvalue weighted by Gasteiger charge is -2.05. The van der Waals surface area contributed by atoms with Crippen LogP contribution < -0.4 is 5.32 Å². The van der Waals surface area contributed by atoms with Crippen molar-refractivity contribution in [1.29, 1.82) is 0 Å². The molecule has 3 aromatic heterocycles. The van der Waals surface area contributed by atoms with Crippen LogP contribution in [0.1, 0.15) is 0 Å². The minimum atomic E-state index is -0.325. The SMILES string of the molecule is Fc1ccc(Nc2nc3nonc3n3nnnc23)cc1. The molecule has 4 rings (SSSR count). The second-order valence-corrected chi connectivity index (χ2v) is 3.92. The lowest BCUT2D eigenvalue weighted by Crippen LogP contribution is -2.01. The number of nitrogens with one attached hydrogen (secondary N) is 1. The van der Waals surface area contributed by atoms with E-state index in [1.165, 1.54) is 16.6 Å². The lowest BCUT2D eigenvalue weighted by molar-refractivity contribution is 0.313. The van der Waals surface area contributed by atoms with Gasteiger partial charge >= 0.3 is 0 Å². The molecule has 0 bridgehead atoms. The van der Waals surface area contributed by atoms with E-state index in [0.717, 1.165) is 0 Å². The standard InChI is InChI=1S/C10H5FN8O/c11-5-1-3-6(4-2-5)12-7-9-14-17-18-19(9)10-8(13-7)15-20-16-10/h1-4H,(H,12,13,15). The zero-order chi connectivity index (χ0) is 13.5. The van der Waals surface area contributed by atoms with Crippen molar-refractivity contribution in [1.82, 2.24) is 35.3 Å². The molecule has 1 N–H and O–H groups in total. The quantitative estimate of drug-likeness (QED) is 0.574. The Morgan fingerprint density at radius 1 is 1.10 bits per heavy atom. The first-order valence-electron chi connectivity index (χ1n) is 5.54. The molecule has 0 aliphatic rings. The third-order valence-electron chi connectivity index (χ3n) is 2.66. The molecule has 0 spiro atoms. The first-order chi connectivity index (χ1) is 9.81. The number of aromatic nitrogens is 7. The first-order valence-corrected chi connectivity index (χ1v) is 5.54. The minimum absolute atomic E-state index is 0.259. The summed E-state index contributed by atoms with van der Waals surface area (Å²) >= 11 is 0. The monoisotopic (exact) mass is 272 g/mol. The normalized spacial score (nSPS) is 11.2. The molecule has 98 valence electrons. The molecule has 0 saturated carbocycles. The van der Waals surface area contributed by atoms with Crippen molar-refractivity contribution in [3.63, 3.8) is 0 Å². The fraction of sp³-hybridized carbons (Fsp3) is 0. The molecule has 0 saturated heterocycles. The largest absolute Gasteiger partial charge is 0.337 e. The van der Waals surface area contributed by atoms with Crippen LogP contribution in [0.5, 0.6) is 0 Å². The van der Waals surface area contributed by atoms with Crippen molar-refractivity contribution < 1.29 is 9.02 Å². The number of hydrogen-bond donors (Lipinski definition) is 1. The Bertz CT molecular complexity index is 899. The second kappa shape index (κ2) is 3.91. The van der Waals surface area contributed by atoms with Crippen molar-refractivity contribution >= 4 is 28.4 Å². The van der Waals surface area contributed by atoms with Crippen molar-refractivity contribution in [2.45, 2.75) is 0 Å². The maximum atomic E-state index is 12.9. The summed E-state index contributed by atoms with van der Waals surface area (Å²) in [6.45, 7) is 0. The number of tetrazole rings is 1. The predicted octanol–water partition coefficient (Wildman–Crippen LogP) is 0.938. The Kier molecular flexibility index (Phi) is 2.10. The third kappa shape index (κ3) is 1.55. The van der Waals surface area contributed by atoms with Gasteiger partial charge in [-0.2, -0.15) is 4.52 Å². The molecule has 0 aliphatic heterocycles. The second-order valence-electron chi connectivity index (χ2n) is 3.92. The van der Waals surface area contributed by atoms with Crippen molar-refractivity contribution in [3.8, 4) is 0 Å². The van der Waals surface area contributed by atoms with Crippen LogP contribution in [-0.2, 0) is 0 Å². The molecular formula is C10H5FN8O. The Balaban J connectivity index is 1.88. The van der Waals surface area contributed by atoms with Gasteiger partial charge in [-0.1, -0.05) is 0 Å². The summed E-state index contributed by atoms with van der Waals surface area (Å²) < 4.78 is 18.8. The summed E-state index contributed by atoms with van der Waals surface area (Å²) in [6, 6.07) is 5.81. The summed E-state index contributed by atoms with van der Waals surface area (Å²) in [5, 5.41) is 21.5. The molecule has 1 aromatic carbocycles. The number of rotatable bonds is 2. The fourth-order valence-corrected chi connectivity index (χ4v) is 1.77. The molecule has 0 radical (unpaired) electrons. The molecule has 0 aliphatic carbocycles. The zero-order valence-corrected chi connectivity index (χ0v) is 9.73. The molecule has 0 fully saturated rings. The van der Waals surface area contributed by atoms with Gasteiger partial charge in [0.25, 0.3) is 0 Å². The van der Waals surface area contributed by atoms with Crippen LogP contribution in [0, 0.1) is 5.82 Å². The summed E-state index contributed by atoms with van der Waals surface area (Å²) in [4.78, 5) is 4.22.